The average Bonchev–Trinajstić information content (AvgIpc) is 2.82. The van der Waals surface area contributed by atoms with Crippen molar-refractivity contribution in [1.29, 1.82) is 0 Å². The predicted octanol–water partition coefficient (Wildman–Crippen LogP) is 1.75. The second kappa shape index (κ2) is 6.38. The van der Waals surface area contributed by atoms with Crippen LogP contribution in [0.15, 0.2) is 24.3 Å². The molecule has 0 amide bonds. The van der Waals surface area contributed by atoms with E-state index in [1.807, 2.05) is 11.7 Å². The molecule has 2 unspecified atom stereocenters. The van der Waals surface area contributed by atoms with Gasteiger partial charge in [-0.3, -0.25) is 4.68 Å². The van der Waals surface area contributed by atoms with Crippen LogP contribution in [0.25, 0.3) is 10.9 Å². The molecule has 1 N–H and O–H groups in total. The number of hydrogen-bond acceptors (Lipinski definition) is 4. The Labute approximate surface area is 130 Å². The maximum Gasteiger partial charge on any atom is 0.0719 e. The molecule has 21 heavy (non-hydrogen) atoms. The van der Waals surface area contributed by atoms with Gasteiger partial charge in [0.15, 0.2) is 0 Å². The molecule has 1 aromatic heterocycles. The summed E-state index contributed by atoms with van der Waals surface area (Å²) < 4.78 is 2.00. The molecule has 1 aliphatic rings. The molecule has 3 rings (SSSR count). The predicted molar refractivity (Wildman–Crippen MR) is 91.0 cm³/mol. The van der Waals surface area contributed by atoms with Gasteiger partial charge in [0, 0.05) is 49.0 Å². The quantitative estimate of drug-likeness (QED) is 0.933. The molecule has 0 spiro atoms. The lowest BCUT2D eigenvalue weighted by Gasteiger charge is -2.37. The van der Waals surface area contributed by atoms with Gasteiger partial charge >= 0.3 is 0 Å². The number of hydrogen-bond donors (Lipinski definition) is 1. The highest BCUT2D eigenvalue weighted by Gasteiger charge is 2.28. The largest absolute Gasteiger partial charge is 0.315 e. The van der Waals surface area contributed by atoms with E-state index in [1.165, 1.54) is 34.6 Å². The number of rotatable bonds is 4. The molecule has 1 aliphatic heterocycles. The number of nitrogens with one attached hydrogen (secondary N) is 1. The fourth-order valence-electron chi connectivity index (χ4n) is 3.21. The van der Waals surface area contributed by atoms with E-state index >= 15 is 0 Å². The number of para-hydroxylation sites is 1. The molecule has 1 fully saturated rings. The zero-order valence-electron chi connectivity index (χ0n) is 13.0. The Morgan fingerprint density at radius 1 is 1.38 bits per heavy atom. The van der Waals surface area contributed by atoms with E-state index in [9.17, 15) is 0 Å². The van der Waals surface area contributed by atoms with E-state index < -0.39 is 0 Å². The van der Waals surface area contributed by atoms with Crippen LogP contribution in [0.3, 0.4) is 0 Å². The molecule has 0 aliphatic carbocycles. The summed E-state index contributed by atoms with van der Waals surface area (Å²) >= 11 is 2.06. The van der Waals surface area contributed by atoms with Crippen LogP contribution in [0.2, 0.25) is 0 Å². The van der Waals surface area contributed by atoms with Crippen molar-refractivity contribution in [2.75, 3.05) is 32.1 Å². The van der Waals surface area contributed by atoms with Gasteiger partial charge in [0.05, 0.1) is 11.2 Å². The Bertz CT molecular complexity index is 609. The highest BCUT2D eigenvalue weighted by Crippen LogP contribution is 2.23. The first-order valence-electron chi connectivity index (χ1n) is 7.56. The topological polar surface area (TPSA) is 33.1 Å². The third-order valence-electron chi connectivity index (χ3n) is 4.53. The second-order valence-electron chi connectivity index (χ2n) is 5.81. The molecular formula is C16H24N4S. The first kappa shape index (κ1) is 14.9. The minimum atomic E-state index is 0.445. The highest BCUT2D eigenvalue weighted by molar-refractivity contribution is 7.99. The van der Waals surface area contributed by atoms with Gasteiger partial charge in [-0.2, -0.15) is 16.9 Å². The first-order valence-corrected chi connectivity index (χ1v) is 8.72. The van der Waals surface area contributed by atoms with Crippen LogP contribution in [0.1, 0.15) is 5.69 Å². The van der Waals surface area contributed by atoms with E-state index in [4.69, 9.17) is 5.10 Å². The van der Waals surface area contributed by atoms with Crippen molar-refractivity contribution in [2.45, 2.75) is 18.5 Å². The summed E-state index contributed by atoms with van der Waals surface area (Å²) in [6.07, 6.45) is 0.980. The lowest BCUT2D eigenvalue weighted by atomic mass is 10.0. The summed E-state index contributed by atoms with van der Waals surface area (Å²) in [5.74, 6) is 2.45. The molecule has 0 saturated carbocycles. The monoisotopic (exact) mass is 304 g/mol. The zero-order chi connectivity index (χ0) is 14.8. The number of likely N-dealkylation sites (N-methyl/N-ethyl adjacent to an activating group) is 2. The van der Waals surface area contributed by atoms with Gasteiger partial charge in [-0.15, -0.1) is 0 Å². The van der Waals surface area contributed by atoms with E-state index in [1.54, 1.807) is 0 Å². The summed E-state index contributed by atoms with van der Waals surface area (Å²) in [5.41, 5.74) is 2.42. The lowest BCUT2D eigenvalue weighted by Crippen LogP contribution is -2.52. The third kappa shape index (κ3) is 2.96. The zero-order valence-corrected chi connectivity index (χ0v) is 13.9. The fourth-order valence-corrected chi connectivity index (χ4v) is 4.52. The van der Waals surface area contributed by atoms with E-state index in [0.29, 0.717) is 12.1 Å². The first-order chi connectivity index (χ1) is 10.2. The molecule has 2 aromatic rings. The summed E-state index contributed by atoms with van der Waals surface area (Å²) in [4.78, 5) is 2.49. The van der Waals surface area contributed by atoms with E-state index in [-0.39, 0.29) is 0 Å². The van der Waals surface area contributed by atoms with Crippen LogP contribution in [0.5, 0.6) is 0 Å². The average molecular weight is 304 g/mol. The van der Waals surface area contributed by atoms with Crippen molar-refractivity contribution in [3.8, 4) is 0 Å². The molecule has 0 bridgehead atoms. The molecule has 2 atom stereocenters. The second-order valence-corrected chi connectivity index (χ2v) is 6.96. The van der Waals surface area contributed by atoms with Gasteiger partial charge in [-0.1, -0.05) is 18.2 Å². The minimum absolute atomic E-state index is 0.445. The van der Waals surface area contributed by atoms with Crippen LogP contribution in [-0.2, 0) is 13.5 Å². The van der Waals surface area contributed by atoms with Crippen molar-refractivity contribution in [1.82, 2.24) is 20.0 Å². The third-order valence-corrected chi connectivity index (χ3v) is 5.57. The van der Waals surface area contributed by atoms with Crippen molar-refractivity contribution in [3.63, 3.8) is 0 Å². The van der Waals surface area contributed by atoms with Crippen molar-refractivity contribution < 1.29 is 0 Å². The normalized spacial score (nSPS) is 21.8. The Morgan fingerprint density at radius 2 is 2.19 bits per heavy atom. The van der Waals surface area contributed by atoms with Crippen LogP contribution >= 0.6 is 11.8 Å². The molecule has 4 nitrogen and oxygen atoms in total. The Morgan fingerprint density at radius 3 is 2.95 bits per heavy atom. The Balaban J connectivity index is 1.85. The van der Waals surface area contributed by atoms with E-state index in [0.717, 1.165) is 6.42 Å². The van der Waals surface area contributed by atoms with Crippen molar-refractivity contribution in [2.24, 2.45) is 7.05 Å². The van der Waals surface area contributed by atoms with Gasteiger partial charge in [-0.25, -0.2) is 0 Å². The summed E-state index contributed by atoms with van der Waals surface area (Å²) in [5, 5.41) is 9.55. The Hall–Kier alpha value is -1.04. The van der Waals surface area contributed by atoms with Gasteiger partial charge in [0.1, 0.15) is 0 Å². The maximum absolute atomic E-state index is 4.75. The fraction of sp³-hybridized carbons (Fsp3) is 0.562. The smallest absolute Gasteiger partial charge is 0.0719 e. The molecule has 5 heteroatoms. The number of aryl methyl sites for hydroxylation is 1. The van der Waals surface area contributed by atoms with E-state index in [2.05, 4.69) is 60.3 Å². The number of aromatic nitrogens is 2. The standard InChI is InChI=1S/C16H24N4S/c1-17-14(16-11-21-9-8-19(16)2)10-13-12-6-4-5-7-15(12)20(3)18-13/h4-7,14,16-17H,8-11H2,1-3H3. The molecule has 0 radical (unpaired) electrons. The van der Waals surface area contributed by atoms with Gasteiger partial charge in [0.2, 0.25) is 0 Å². The Kier molecular flexibility index (Phi) is 4.52. The molecule has 2 heterocycles. The van der Waals surface area contributed by atoms with Crippen LogP contribution in [0, 0.1) is 0 Å². The SMILES string of the molecule is CNC(Cc1nn(C)c2ccccc12)C1CSCCN1C. The van der Waals surface area contributed by atoms with Crippen molar-refractivity contribution in [3.05, 3.63) is 30.0 Å². The maximum atomic E-state index is 4.75. The summed E-state index contributed by atoms with van der Waals surface area (Å²) in [6.45, 7) is 1.18. The number of thioether (sulfide) groups is 1. The molecule has 1 saturated heterocycles. The molecular weight excluding hydrogens is 280 g/mol. The molecule has 1 aromatic carbocycles. The van der Waals surface area contributed by atoms with Gasteiger partial charge in [0.25, 0.3) is 0 Å². The summed E-state index contributed by atoms with van der Waals surface area (Å²) in [7, 11) is 6.34. The lowest BCUT2D eigenvalue weighted by molar-refractivity contribution is 0.218. The number of fused-ring (bicyclic) bond motifs is 1. The van der Waals surface area contributed by atoms with Crippen LogP contribution < -0.4 is 5.32 Å². The minimum Gasteiger partial charge on any atom is -0.315 e. The number of benzene rings is 1. The van der Waals surface area contributed by atoms with Crippen LogP contribution in [0.4, 0.5) is 0 Å². The summed E-state index contributed by atoms with van der Waals surface area (Å²) in [6, 6.07) is 9.53. The number of nitrogens with zero attached hydrogens (tertiary/aromatic N) is 3. The van der Waals surface area contributed by atoms with Gasteiger partial charge in [-0.05, 0) is 20.2 Å². The van der Waals surface area contributed by atoms with Crippen LogP contribution in [-0.4, -0.2) is 58.9 Å². The highest BCUT2D eigenvalue weighted by atomic mass is 32.2. The van der Waals surface area contributed by atoms with Gasteiger partial charge < -0.3 is 10.2 Å². The molecule has 114 valence electrons. The van der Waals surface area contributed by atoms with Crippen molar-refractivity contribution >= 4 is 22.7 Å².